The summed E-state index contributed by atoms with van der Waals surface area (Å²) in [5.41, 5.74) is 1.96. The normalized spacial score (nSPS) is 12.6. The molecule has 154 valence electrons. The highest BCUT2D eigenvalue weighted by atomic mass is 79.9. The van der Waals surface area contributed by atoms with Gasteiger partial charge in [0.25, 0.3) is 10.0 Å². The van der Waals surface area contributed by atoms with E-state index in [1.54, 1.807) is 18.2 Å². The molecule has 0 unspecified atom stereocenters. The van der Waals surface area contributed by atoms with Gasteiger partial charge in [0, 0.05) is 12.1 Å². The largest absolute Gasteiger partial charge is 0.506 e. The number of benzene rings is 2. The van der Waals surface area contributed by atoms with Gasteiger partial charge in [-0.15, -0.1) is 0 Å². The van der Waals surface area contributed by atoms with Gasteiger partial charge in [-0.3, -0.25) is 0 Å². The van der Waals surface area contributed by atoms with Crippen LogP contribution in [0.2, 0.25) is 0 Å². The first-order valence-electron chi connectivity index (χ1n) is 9.23. The molecule has 0 fully saturated rings. The first-order chi connectivity index (χ1) is 13.5. The molecule has 0 saturated heterocycles. The number of hydrogen-bond acceptors (Lipinski definition) is 4. The topological polar surface area (TPSA) is 90.2 Å². The number of rotatable bonds is 7. The maximum Gasteiger partial charge on any atom is 0.250 e. The summed E-state index contributed by atoms with van der Waals surface area (Å²) in [6.07, 6.45) is 2.69. The minimum absolute atomic E-state index is 0.107. The van der Waals surface area contributed by atoms with Crippen LogP contribution in [0, 0.1) is 11.3 Å². The molecular formula is C22H25BrN2O3S. The van der Waals surface area contributed by atoms with E-state index in [1.165, 1.54) is 6.08 Å². The SMILES string of the molecule is CC(C)(C)c1cc(C=C(C#N)S(=O)(=O)NCCCc2ccccc2)cc(Br)c1O. The van der Waals surface area contributed by atoms with E-state index in [2.05, 4.69) is 20.7 Å². The third-order valence-corrected chi connectivity index (χ3v) is 6.35. The summed E-state index contributed by atoms with van der Waals surface area (Å²) in [7, 11) is -3.92. The van der Waals surface area contributed by atoms with Crippen molar-refractivity contribution in [3.63, 3.8) is 0 Å². The first kappa shape index (κ1) is 23.1. The minimum Gasteiger partial charge on any atom is -0.506 e. The van der Waals surface area contributed by atoms with Gasteiger partial charge in [0.1, 0.15) is 11.8 Å². The van der Waals surface area contributed by atoms with Gasteiger partial charge in [-0.05, 0) is 63.5 Å². The average molecular weight is 477 g/mol. The fourth-order valence-electron chi connectivity index (χ4n) is 2.82. The van der Waals surface area contributed by atoms with Gasteiger partial charge in [0.15, 0.2) is 4.91 Å². The molecule has 0 aromatic heterocycles. The molecule has 0 bridgehead atoms. The predicted octanol–water partition coefficient (Wildman–Crippen LogP) is 4.87. The van der Waals surface area contributed by atoms with Crippen LogP contribution in [0.3, 0.4) is 0 Å². The molecule has 0 aliphatic carbocycles. The van der Waals surface area contributed by atoms with E-state index < -0.39 is 10.0 Å². The van der Waals surface area contributed by atoms with Gasteiger partial charge in [-0.1, -0.05) is 51.1 Å². The van der Waals surface area contributed by atoms with E-state index in [1.807, 2.05) is 51.1 Å². The van der Waals surface area contributed by atoms with Gasteiger partial charge < -0.3 is 5.11 Å². The van der Waals surface area contributed by atoms with E-state index in [-0.39, 0.29) is 22.6 Å². The van der Waals surface area contributed by atoms with Gasteiger partial charge >= 0.3 is 0 Å². The monoisotopic (exact) mass is 476 g/mol. The Bertz CT molecular complexity index is 1030. The quantitative estimate of drug-likeness (QED) is 0.440. The van der Waals surface area contributed by atoms with Crippen molar-refractivity contribution in [3.8, 4) is 11.8 Å². The van der Waals surface area contributed by atoms with Crippen molar-refractivity contribution in [2.75, 3.05) is 6.54 Å². The second-order valence-corrected chi connectivity index (χ2v) is 10.3. The van der Waals surface area contributed by atoms with Gasteiger partial charge in [-0.25, -0.2) is 13.1 Å². The molecule has 5 nitrogen and oxygen atoms in total. The summed E-state index contributed by atoms with van der Waals surface area (Å²) in [5, 5.41) is 19.7. The number of allylic oxidation sites excluding steroid dienone is 1. The van der Waals surface area contributed by atoms with Gasteiger partial charge in [-0.2, -0.15) is 5.26 Å². The van der Waals surface area contributed by atoms with Crippen LogP contribution in [0.15, 0.2) is 51.8 Å². The van der Waals surface area contributed by atoms with Crippen LogP contribution >= 0.6 is 15.9 Å². The van der Waals surface area contributed by atoms with E-state index >= 15 is 0 Å². The summed E-state index contributed by atoms with van der Waals surface area (Å²) < 4.78 is 28.0. The summed E-state index contributed by atoms with van der Waals surface area (Å²) in [6.45, 7) is 6.07. The highest BCUT2D eigenvalue weighted by molar-refractivity contribution is 9.10. The Kier molecular flexibility index (Phi) is 7.64. The number of nitrogens with zero attached hydrogens (tertiary/aromatic N) is 1. The Morgan fingerprint density at radius 3 is 2.48 bits per heavy atom. The smallest absolute Gasteiger partial charge is 0.250 e. The first-order valence-corrected chi connectivity index (χ1v) is 11.5. The Balaban J connectivity index is 2.18. The van der Waals surface area contributed by atoms with Crippen molar-refractivity contribution in [2.45, 2.75) is 39.0 Å². The highest BCUT2D eigenvalue weighted by Gasteiger charge is 2.22. The minimum atomic E-state index is -3.92. The predicted molar refractivity (Wildman–Crippen MR) is 120 cm³/mol. The number of sulfonamides is 1. The lowest BCUT2D eigenvalue weighted by Crippen LogP contribution is -2.26. The lowest BCUT2D eigenvalue weighted by molar-refractivity contribution is 0.443. The number of nitrogens with one attached hydrogen (secondary N) is 1. The van der Waals surface area contributed by atoms with E-state index in [4.69, 9.17) is 0 Å². The molecule has 2 rings (SSSR count). The molecule has 0 amide bonds. The Labute approximate surface area is 181 Å². The Hall–Kier alpha value is -2.14. The number of aromatic hydroxyl groups is 1. The van der Waals surface area contributed by atoms with E-state index in [0.717, 1.165) is 12.0 Å². The highest BCUT2D eigenvalue weighted by Crippen LogP contribution is 2.37. The summed E-state index contributed by atoms with van der Waals surface area (Å²) in [4.78, 5) is -0.366. The third-order valence-electron chi connectivity index (χ3n) is 4.37. The zero-order chi connectivity index (χ0) is 21.7. The zero-order valence-corrected chi connectivity index (χ0v) is 19.1. The van der Waals surface area contributed by atoms with Gasteiger partial charge in [0.2, 0.25) is 0 Å². The van der Waals surface area contributed by atoms with Crippen LogP contribution in [-0.4, -0.2) is 20.1 Å². The molecule has 2 aromatic carbocycles. The molecule has 0 atom stereocenters. The number of halogens is 1. The molecule has 0 saturated carbocycles. The number of aryl methyl sites for hydroxylation is 1. The molecule has 7 heteroatoms. The summed E-state index contributed by atoms with van der Waals surface area (Å²) in [5.74, 6) is 0.107. The van der Waals surface area contributed by atoms with Crippen molar-refractivity contribution in [1.82, 2.24) is 4.72 Å². The lowest BCUT2D eigenvalue weighted by Gasteiger charge is -2.21. The summed E-state index contributed by atoms with van der Waals surface area (Å²) in [6, 6.07) is 14.9. The number of hydrogen-bond donors (Lipinski definition) is 2. The lowest BCUT2D eigenvalue weighted by atomic mass is 9.85. The van der Waals surface area contributed by atoms with Crippen molar-refractivity contribution in [1.29, 1.82) is 5.26 Å². The zero-order valence-electron chi connectivity index (χ0n) is 16.7. The van der Waals surface area contributed by atoms with Crippen molar-refractivity contribution in [3.05, 3.63) is 68.5 Å². The molecule has 0 aliphatic heterocycles. The number of phenolic OH excluding ortho intramolecular Hbond substituents is 1. The van der Waals surface area contributed by atoms with Crippen LogP contribution < -0.4 is 4.72 Å². The molecule has 0 heterocycles. The van der Waals surface area contributed by atoms with Crippen molar-refractivity contribution < 1.29 is 13.5 Å². The maximum absolute atomic E-state index is 12.5. The maximum atomic E-state index is 12.5. The molecule has 0 aliphatic rings. The van der Waals surface area contributed by atoms with Crippen LogP contribution in [0.1, 0.15) is 43.9 Å². The van der Waals surface area contributed by atoms with E-state index in [9.17, 15) is 18.8 Å². The van der Waals surface area contributed by atoms with Crippen LogP contribution in [0.5, 0.6) is 5.75 Å². The van der Waals surface area contributed by atoms with Crippen LogP contribution in [0.25, 0.3) is 6.08 Å². The van der Waals surface area contributed by atoms with Crippen LogP contribution in [-0.2, 0) is 21.9 Å². The Morgan fingerprint density at radius 1 is 1.24 bits per heavy atom. The van der Waals surface area contributed by atoms with Crippen molar-refractivity contribution in [2.24, 2.45) is 0 Å². The molecule has 29 heavy (non-hydrogen) atoms. The fraction of sp³-hybridized carbons (Fsp3) is 0.318. The standard InChI is InChI=1S/C22H25BrN2O3S/c1-22(2,3)19-13-17(14-20(23)21(19)26)12-18(15-24)29(27,28)25-11-7-10-16-8-5-4-6-9-16/h4-6,8-9,12-14,25-26H,7,10-11H2,1-3H3. The molecule has 0 spiro atoms. The average Bonchev–Trinajstić information content (AvgIpc) is 2.65. The van der Waals surface area contributed by atoms with Gasteiger partial charge in [0.05, 0.1) is 4.47 Å². The second kappa shape index (κ2) is 9.57. The number of nitriles is 1. The molecule has 2 aromatic rings. The molecular weight excluding hydrogens is 452 g/mol. The second-order valence-electron chi connectivity index (χ2n) is 7.76. The van der Waals surface area contributed by atoms with Crippen LogP contribution in [0.4, 0.5) is 0 Å². The number of phenols is 1. The fourth-order valence-corrected chi connectivity index (χ4v) is 4.28. The Morgan fingerprint density at radius 2 is 1.90 bits per heavy atom. The molecule has 0 radical (unpaired) electrons. The van der Waals surface area contributed by atoms with E-state index in [0.29, 0.717) is 22.0 Å². The third kappa shape index (κ3) is 6.43. The molecule has 2 N–H and O–H groups in total. The van der Waals surface area contributed by atoms with Crippen molar-refractivity contribution >= 4 is 32.0 Å². The summed E-state index contributed by atoms with van der Waals surface area (Å²) >= 11 is 3.30.